The van der Waals surface area contributed by atoms with Crippen LogP contribution in [0.3, 0.4) is 0 Å². The molecule has 0 aromatic heterocycles. The van der Waals surface area contributed by atoms with Gasteiger partial charge >= 0.3 is 0 Å². The number of ether oxygens (including phenoxy) is 1. The van der Waals surface area contributed by atoms with Crippen molar-refractivity contribution in [2.45, 2.75) is 25.2 Å². The maximum atomic E-state index is 8.99. The highest BCUT2D eigenvalue weighted by atomic mass is 16.5. The molecule has 0 fully saturated rings. The highest BCUT2D eigenvalue weighted by Crippen LogP contribution is 2.08. The van der Waals surface area contributed by atoms with E-state index in [-0.39, 0.29) is 18.8 Å². The number of hydrogen-bond acceptors (Lipinski definition) is 3. The lowest BCUT2D eigenvalue weighted by atomic mass is 10.1. The molecule has 3 nitrogen and oxygen atoms in total. The summed E-state index contributed by atoms with van der Waals surface area (Å²) in [6.07, 6.45) is 2.22. The Morgan fingerprint density at radius 3 is 2.62 bits per heavy atom. The van der Waals surface area contributed by atoms with Crippen molar-refractivity contribution in [2.24, 2.45) is 5.73 Å². The fourth-order valence-corrected chi connectivity index (χ4v) is 1.43. The number of nitrogens with two attached hydrogens (primary N) is 1. The Labute approximate surface area is 96.5 Å². The van der Waals surface area contributed by atoms with Crippen LogP contribution in [0.1, 0.15) is 12.0 Å². The summed E-state index contributed by atoms with van der Waals surface area (Å²) in [5, 5.41) is 8.99. The largest absolute Gasteiger partial charge is 0.395 e. The molecule has 0 heterocycles. The van der Waals surface area contributed by atoms with E-state index in [9.17, 15) is 0 Å². The van der Waals surface area contributed by atoms with E-state index >= 15 is 0 Å². The Morgan fingerprint density at radius 2 is 2.06 bits per heavy atom. The van der Waals surface area contributed by atoms with Crippen LogP contribution in [0.25, 0.3) is 0 Å². The van der Waals surface area contributed by atoms with Crippen LogP contribution in [0.2, 0.25) is 0 Å². The average molecular weight is 221 g/mol. The summed E-state index contributed by atoms with van der Waals surface area (Å²) in [6, 6.07) is 9.52. The van der Waals surface area contributed by atoms with Gasteiger partial charge in [-0.05, 0) is 12.0 Å². The van der Waals surface area contributed by atoms with E-state index in [2.05, 4.69) is 6.58 Å². The van der Waals surface area contributed by atoms with Crippen LogP contribution in [0.15, 0.2) is 43.0 Å². The molecule has 88 valence electrons. The van der Waals surface area contributed by atoms with Crippen molar-refractivity contribution >= 4 is 0 Å². The van der Waals surface area contributed by atoms with Crippen molar-refractivity contribution in [1.29, 1.82) is 0 Å². The highest BCUT2D eigenvalue weighted by Gasteiger charge is 2.16. The third-order valence-electron chi connectivity index (χ3n) is 2.39. The third kappa shape index (κ3) is 4.14. The van der Waals surface area contributed by atoms with Gasteiger partial charge in [0.25, 0.3) is 0 Å². The lowest BCUT2D eigenvalue weighted by Gasteiger charge is -2.21. The van der Waals surface area contributed by atoms with Crippen LogP contribution in [0, 0.1) is 0 Å². The summed E-state index contributed by atoms with van der Waals surface area (Å²) in [7, 11) is 0. The van der Waals surface area contributed by atoms with Gasteiger partial charge in [0, 0.05) is 0 Å². The van der Waals surface area contributed by atoms with Gasteiger partial charge in [0.05, 0.1) is 25.4 Å². The maximum Gasteiger partial charge on any atom is 0.0787 e. The van der Waals surface area contributed by atoms with E-state index in [0.717, 1.165) is 5.56 Å². The fourth-order valence-electron chi connectivity index (χ4n) is 1.43. The fraction of sp³-hybridized carbons (Fsp3) is 0.385. The Balaban J connectivity index is 2.46. The molecule has 0 saturated carbocycles. The van der Waals surface area contributed by atoms with Crippen molar-refractivity contribution in [3.63, 3.8) is 0 Å². The zero-order chi connectivity index (χ0) is 11.8. The lowest BCUT2D eigenvalue weighted by molar-refractivity contribution is 0.0125. The SMILES string of the molecule is C=CCC(OCc1ccccc1)[C@@H](N)CO. The Hall–Kier alpha value is -1.16. The third-order valence-corrected chi connectivity index (χ3v) is 2.39. The second kappa shape index (κ2) is 7.17. The number of rotatable bonds is 7. The molecule has 16 heavy (non-hydrogen) atoms. The lowest BCUT2D eigenvalue weighted by Crippen LogP contribution is -2.39. The number of aliphatic hydroxyl groups excluding tert-OH is 1. The molecule has 0 aliphatic heterocycles. The smallest absolute Gasteiger partial charge is 0.0787 e. The predicted octanol–water partition coefficient (Wildman–Crippen LogP) is 1.47. The molecule has 1 aromatic rings. The van der Waals surface area contributed by atoms with Crippen molar-refractivity contribution in [1.82, 2.24) is 0 Å². The first-order valence-corrected chi connectivity index (χ1v) is 5.40. The van der Waals surface area contributed by atoms with Crippen LogP contribution in [-0.4, -0.2) is 23.9 Å². The first-order valence-electron chi connectivity index (χ1n) is 5.40. The minimum absolute atomic E-state index is 0.0761. The normalized spacial score (nSPS) is 14.4. The van der Waals surface area contributed by atoms with Crippen LogP contribution in [0.4, 0.5) is 0 Å². The Kier molecular flexibility index (Phi) is 5.78. The van der Waals surface area contributed by atoms with Gasteiger partial charge in [0.1, 0.15) is 0 Å². The summed E-state index contributed by atoms with van der Waals surface area (Å²) >= 11 is 0. The summed E-state index contributed by atoms with van der Waals surface area (Å²) in [5.74, 6) is 0. The van der Waals surface area contributed by atoms with E-state index in [4.69, 9.17) is 15.6 Å². The van der Waals surface area contributed by atoms with E-state index in [1.54, 1.807) is 6.08 Å². The number of benzene rings is 1. The first kappa shape index (κ1) is 12.9. The van der Waals surface area contributed by atoms with Crippen LogP contribution >= 0.6 is 0 Å². The molecule has 0 aliphatic rings. The summed E-state index contributed by atoms with van der Waals surface area (Å²) in [6.45, 7) is 4.09. The predicted molar refractivity (Wildman–Crippen MR) is 64.9 cm³/mol. The van der Waals surface area contributed by atoms with Gasteiger partial charge in [0.2, 0.25) is 0 Å². The average Bonchev–Trinajstić information content (AvgIpc) is 2.34. The zero-order valence-corrected chi connectivity index (χ0v) is 9.38. The second-order valence-electron chi connectivity index (χ2n) is 3.71. The van der Waals surface area contributed by atoms with Crippen molar-refractivity contribution in [2.75, 3.05) is 6.61 Å². The van der Waals surface area contributed by atoms with Gasteiger partial charge < -0.3 is 15.6 Å². The Bertz CT molecular complexity index is 300. The molecule has 1 unspecified atom stereocenters. The molecule has 3 N–H and O–H groups in total. The van der Waals surface area contributed by atoms with Crippen molar-refractivity contribution < 1.29 is 9.84 Å². The molecule has 0 radical (unpaired) electrons. The summed E-state index contributed by atoms with van der Waals surface area (Å²) in [5.41, 5.74) is 6.84. The zero-order valence-electron chi connectivity index (χ0n) is 9.38. The monoisotopic (exact) mass is 221 g/mol. The van der Waals surface area contributed by atoms with Gasteiger partial charge in [-0.2, -0.15) is 0 Å². The van der Waals surface area contributed by atoms with E-state index < -0.39 is 0 Å². The van der Waals surface area contributed by atoms with Crippen LogP contribution < -0.4 is 5.73 Å². The second-order valence-corrected chi connectivity index (χ2v) is 3.71. The number of hydrogen-bond donors (Lipinski definition) is 2. The molecule has 0 saturated heterocycles. The molecule has 1 rings (SSSR count). The van der Waals surface area contributed by atoms with E-state index in [1.165, 1.54) is 0 Å². The van der Waals surface area contributed by atoms with Gasteiger partial charge in [0.15, 0.2) is 0 Å². The standard InChI is InChI=1S/C13H19NO2/c1-2-6-13(12(14)9-15)16-10-11-7-4-3-5-8-11/h2-5,7-8,12-13,15H,1,6,9-10,14H2/t12-,13?/m0/s1. The molecular weight excluding hydrogens is 202 g/mol. The minimum atomic E-state index is -0.360. The molecular formula is C13H19NO2. The molecule has 0 aliphatic carbocycles. The minimum Gasteiger partial charge on any atom is -0.395 e. The molecule has 0 spiro atoms. The van der Waals surface area contributed by atoms with Gasteiger partial charge in [-0.25, -0.2) is 0 Å². The number of aliphatic hydroxyl groups is 1. The van der Waals surface area contributed by atoms with E-state index in [0.29, 0.717) is 13.0 Å². The van der Waals surface area contributed by atoms with Gasteiger partial charge in [-0.3, -0.25) is 0 Å². The maximum absolute atomic E-state index is 8.99. The quantitative estimate of drug-likeness (QED) is 0.685. The Morgan fingerprint density at radius 1 is 1.38 bits per heavy atom. The molecule has 3 heteroatoms. The first-order chi connectivity index (χ1) is 7.77. The molecule has 0 amide bonds. The van der Waals surface area contributed by atoms with Crippen LogP contribution in [-0.2, 0) is 11.3 Å². The van der Waals surface area contributed by atoms with Crippen LogP contribution in [0.5, 0.6) is 0 Å². The van der Waals surface area contributed by atoms with Gasteiger partial charge in [-0.1, -0.05) is 36.4 Å². The van der Waals surface area contributed by atoms with Crippen molar-refractivity contribution in [3.05, 3.63) is 48.6 Å². The summed E-state index contributed by atoms with van der Waals surface area (Å²) in [4.78, 5) is 0. The topological polar surface area (TPSA) is 55.5 Å². The van der Waals surface area contributed by atoms with E-state index in [1.807, 2.05) is 30.3 Å². The highest BCUT2D eigenvalue weighted by molar-refractivity contribution is 5.13. The molecule has 2 atom stereocenters. The molecule has 1 aromatic carbocycles. The van der Waals surface area contributed by atoms with Crippen molar-refractivity contribution in [3.8, 4) is 0 Å². The van der Waals surface area contributed by atoms with Gasteiger partial charge in [-0.15, -0.1) is 6.58 Å². The summed E-state index contributed by atoms with van der Waals surface area (Å²) < 4.78 is 5.66. The molecule has 0 bridgehead atoms.